The highest BCUT2D eigenvalue weighted by Crippen LogP contribution is 2.41. The molecule has 2 aliphatic rings. The molecule has 0 aliphatic carbocycles. The maximum atomic E-state index is 12.7. The summed E-state index contributed by atoms with van der Waals surface area (Å²) in [5.74, 6) is 0.0223. The fourth-order valence-electron chi connectivity index (χ4n) is 3.97. The highest BCUT2D eigenvalue weighted by molar-refractivity contribution is 7.91. The number of sulfone groups is 1. The number of hydrogen-bond acceptors (Lipinski definition) is 7. The number of carbonyl (C=O) groups excluding carboxylic acids is 2. The number of hydrogen-bond donors (Lipinski definition) is 0. The fourth-order valence-corrected chi connectivity index (χ4v) is 5.70. The minimum atomic E-state index is -3.12. The van der Waals surface area contributed by atoms with Crippen LogP contribution in [-0.4, -0.2) is 67.6 Å². The van der Waals surface area contributed by atoms with Gasteiger partial charge in [-0.1, -0.05) is 12.1 Å². The Morgan fingerprint density at radius 1 is 1.33 bits per heavy atom. The molecule has 8 nitrogen and oxygen atoms in total. The van der Waals surface area contributed by atoms with Gasteiger partial charge in [-0.15, -0.1) is 0 Å². The standard InChI is InChI=1S/C21H29NO7S/c1-5-22(16-9-10-30(25,26)13-16)20(24)14(2)28-18(23)12-27-17-8-6-7-15-11-21(3,4)29-19(15)17/h6-8,14,16H,5,9-13H2,1-4H3/t14-,16+/m0/s1. The first kappa shape index (κ1) is 22.4. The topological polar surface area (TPSA) is 99.2 Å². The Kier molecular flexibility index (Phi) is 6.31. The summed E-state index contributed by atoms with van der Waals surface area (Å²) < 4.78 is 40.2. The quantitative estimate of drug-likeness (QED) is 0.597. The highest BCUT2D eigenvalue weighted by atomic mass is 32.2. The number of ether oxygens (including phenoxy) is 3. The van der Waals surface area contributed by atoms with Crippen molar-refractivity contribution in [2.24, 2.45) is 0 Å². The van der Waals surface area contributed by atoms with Crippen LogP contribution in [-0.2, 0) is 30.6 Å². The molecular formula is C21H29NO7S. The monoisotopic (exact) mass is 439 g/mol. The number of rotatable bonds is 7. The van der Waals surface area contributed by atoms with E-state index < -0.39 is 27.8 Å². The Hall–Kier alpha value is -2.29. The zero-order valence-electron chi connectivity index (χ0n) is 17.8. The second-order valence-electron chi connectivity index (χ2n) is 8.38. The van der Waals surface area contributed by atoms with Gasteiger partial charge in [0.2, 0.25) is 0 Å². The van der Waals surface area contributed by atoms with E-state index in [1.165, 1.54) is 11.8 Å². The molecule has 0 N–H and O–H groups in total. The molecule has 1 fully saturated rings. The molecule has 1 amide bonds. The van der Waals surface area contributed by atoms with Crippen molar-refractivity contribution in [2.45, 2.75) is 58.3 Å². The molecular weight excluding hydrogens is 410 g/mol. The van der Waals surface area contributed by atoms with Gasteiger partial charge in [0.25, 0.3) is 5.91 Å². The van der Waals surface area contributed by atoms with E-state index in [4.69, 9.17) is 14.2 Å². The average Bonchev–Trinajstić information content (AvgIpc) is 3.17. The molecule has 3 rings (SSSR count). The van der Waals surface area contributed by atoms with E-state index in [1.807, 2.05) is 26.0 Å². The average molecular weight is 440 g/mol. The van der Waals surface area contributed by atoms with Crippen molar-refractivity contribution < 1.29 is 32.2 Å². The lowest BCUT2D eigenvalue weighted by molar-refractivity contribution is -0.161. The fraction of sp³-hybridized carbons (Fsp3) is 0.619. The van der Waals surface area contributed by atoms with E-state index >= 15 is 0 Å². The lowest BCUT2D eigenvalue weighted by Crippen LogP contribution is -2.46. The number of fused-ring (bicyclic) bond motifs is 1. The summed E-state index contributed by atoms with van der Waals surface area (Å²) in [5, 5.41) is 0. The summed E-state index contributed by atoms with van der Waals surface area (Å²) in [4.78, 5) is 26.4. The first-order valence-corrected chi connectivity index (χ1v) is 12.0. The molecule has 2 heterocycles. The molecule has 0 bridgehead atoms. The number of likely N-dealkylation sites (N-methyl/N-ethyl adjacent to an activating group) is 1. The number of esters is 1. The van der Waals surface area contributed by atoms with Crippen LogP contribution in [0.15, 0.2) is 18.2 Å². The van der Waals surface area contributed by atoms with Gasteiger partial charge in [0.1, 0.15) is 5.60 Å². The van der Waals surface area contributed by atoms with Crippen molar-refractivity contribution in [3.63, 3.8) is 0 Å². The molecule has 2 atom stereocenters. The van der Waals surface area contributed by atoms with Gasteiger partial charge in [-0.25, -0.2) is 13.2 Å². The maximum absolute atomic E-state index is 12.7. The maximum Gasteiger partial charge on any atom is 0.344 e. The highest BCUT2D eigenvalue weighted by Gasteiger charge is 2.36. The summed E-state index contributed by atoms with van der Waals surface area (Å²) >= 11 is 0. The van der Waals surface area contributed by atoms with Gasteiger partial charge in [0.05, 0.1) is 11.5 Å². The minimum Gasteiger partial charge on any atom is -0.483 e. The van der Waals surface area contributed by atoms with Gasteiger partial charge in [-0.3, -0.25) is 4.79 Å². The van der Waals surface area contributed by atoms with Crippen LogP contribution >= 0.6 is 0 Å². The summed E-state index contributed by atoms with van der Waals surface area (Å²) in [6, 6.07) is 5.14. The predicted octanol–water partition coefficient (Wildman–Crippen LogP) is 1.75. The van der Waals surface area contributed by atoms with Crippen LogP contribution in [0.3, 0.4) is 0 Å². The van der Waals surface area contributed by atoms with Crippen LogP contribution < -0.4 is 9.47 Å². The van der Waals surface area contributed by atoms with Gasteiger partial charge in [0.15, 0.2) is 34.0 Å². The van der Waals surface area contributed by atoms with Crippen LogP contribution in [0.25, 0.3) is 0 Å². The van der Waals surface area contributed by atoms with Crippen LogP contribution in [0.1, 0.15) is 39.7 Å². The van der Waals surface area contributed by atoms with Crippen LogP contribution in [0, 0.1) is 0 Å². The Balaban J connectivity index is 1.55. The molecule has 9 heteroatoms. The number of para-hydroxylation sites is 1. The molecule has 166 valence electrons. The van der Waals surface area contributed by atoms with E-state index in [-0.39, 0.29) is 29.8 Å². The predicted molar refractivity (Wildman–Crippen MR) is 110 cm³/mol. The molecule has 1 aromatic rings. The van der Waals surface area contributed by atoms with Gasteiger partial charge in [-0.05, 0) is 40.2 Å². The molecule has 0 spiro atoms. The first-order valence-electron chi connectivity index (χ1n) is 10.2. The van der Waals surface area contributed by atoms with Crippen LogP contribution in [0.4, 0.5) is 0 Å². The molecule has 2 aliphatic heterocycles. The summed E-state index contributed by atoms with van der Waals surface area (Å²) in [6.07, 6.45) is 0.126. The third-order valence-corrected chi connectivity index (χ3v) is 7.08. The summed E-state index contributed by atoms with van der Waals surface area (Å²) in [5.41, 5.74) is 0.681. The van der Waals surface area contributed by atoms with Crippen molar-refractivity contribution >= 4 is 21.7 Å². The summed E-state index contributed by atoms with van der Waals surface area (Å²) in [7, 11) is -3.12. The Bertz CT molecular complexity index is 925. The second-order valence-corrected chi connectivity index (χ2v) is 10.6. The van der Waals surface area contributed by atoms with Crippen molar-refractivity contribution in [1.82, 2.24) is 4.90 Å². The Morgan fingerprint density at radius 2 is 2.07 bits per heavy atom. The molecule has 0 unspecified atom stereocenters. The van der Waals surface area contributed by atoms with Gasteiger partial charge < -0.3 is 19.1 Å². The van der Waals surface area contributed by atoms with Gasteiger partial charge in [0, 0.05) is 24.6 Å². The number of benzene rings is 1. The number of nitrogens with zero attached hydrogens (tertiary/aromatic N) is 1. The van der Waals surface area contributed by atoms with Crippen LogP contribution in [0.5, 0.6) is 11.5 Å². The van der Waals surface area contributed by atoms with E-state index in [9.17, 15) is 18.0 Å². The lowest BCUT2D eigenvalue weighted by atomic mass is 10.0. The zero-order chi connectivity index (χ0) is 22.1. The van der Waals surface area contributed by atoms with E-state index in [0.29, 0.717) is 24.5 Å². The number of carbonyl (C=O) groups is 2. The molecule has 30 heavy (non-hydrogen) atoms. The first-order chi connectivity index (χ1) is 14.0. The normalized spacial score (nSPS) is 21.9. The van der Waals surface area contributed by atoms with Crippen molar-refractivity contribution in [3.05, 3.63) is 23.8 Å². The SMILES string of the molecule is CCN(C(=O)[C@H](C)OC(=O)COc1cccc2c1OC(C)(C)C2)[C@@H]1CCS(=O)(=O)C1. The smallest absolute Gasteiger partial charge is 0.344 e. The van der Waals surface area contributed by atoms with Gasteiger partial charge >= 0.3 is 5.97 Å². The minimum absolute atomic E-state index is 0.0498. The van der Waals surface area contributed by atoms with Crippen LogP contribution in [0.2, 0.25) is 0 Å². The van der Waals surface area contributed by atoms with E-state index in [0.717, 1.165) is 12.0 Å². The van der Waals surface area contributed by atoms with Crippen molar-refractivity contribution in [3.8, 4) is 11.5 Å². The summed E-state index contributed by atoms with van der Waals surface area (Å²) in [6.45, 7) is 7.21. The lowest BCUT2D eigenvalue weighted by Gasteiger charge is -2.29. The molecule has 1 aromatic carbocycles. The van der Waals surface area contributed by atoms with E-state index in [1.54, 1.807) is 13.0 Å². The van der Waals surface area contributed by atoms with Crippen molar-refractivity contribution in [1.29, 1.82) is 0 Å². The largest absolute Gasteiger partial charge is 0.483 e. The van der Waals surface area contributed by atoms with Crippen molar-refractivity contribution in [2.75, 3.05) is 24.7 Å². The van der Waals surface area contributed by atoms with E-state index in [2.05, 4.69) is 0 Å². The molecule has 0 saturated carbocycles. The Morgan fingerprint density at radius 3 is 2.70 bits per heavy atom. The zero-order valence-corrected chi connectivity index (χ0v) is 18.7. The third kappa shape index (κ3) is 5.06. The molecule has 0 radical (unpaired) electrons. The third-order valence-electron chi connectivity index (χ3n) is 5.33. The molecule has 0 aromatic heterocycles. The number of amides is 1. The second kappa shape index (κ2) is 8.45. The Labute approximate surface area is 177 Å². The molecule has 1 saturated heterocycles. The van der Waals surface area contributed by atoms with Gasteiger partial charge in [-0.2, -0.15) is 0 Å².